The average Bonchev–Trinajstić information content (AvgIpc) is 2.83. The van der Waals surface area contributed by atoms with E-state index in [1.165, 1.54) is 20.3 Å². The van der Waals surface area contributed by atoms with Crippen LogP contribution in [-0.2, 0) is 19.1 Å². The van der Waals surface area contributed by atoms with Crippen molar-refractivity contribution in [2.24, 2.45) is 5.92 Å². The number of carbonyl (C=O) groups excluding carboxylic acids is 3. The Morgan fingerprint density at radius 1 is 1.23 bits per heavy atom. The quantitative estimate of drug-likeness (QED) is 0.345. The molecule has 2 amide bonds. The molecule has 0 bridgehead atoms. The van der Waals surface area contributed by atoms with Crippen LogP contribution >= 0.6 is 50.9 Å². The highest BCUT2D eigenvalue weighted by Gasteiger charge is 2.44. The maximum atomic E-state index is 12.9. The number of allylic oxidation sites excluding steroid dienone is 1. The van der Waals surface area contributed by atoms with Crippen molar-refractivity contribution in [2.45, 2.75) is 5.92 Å². The number of carbonyl (C=O) groups is 3. The van der Waals surface area contributed by atoms with E-state index < -0.39 is 29.6 Å². The van der Waals surface area contributed by atoms with E-state index in [2.05, 4.69) is 32.6 Å². The normalized spacial score (nSPS) is 17.3. The second kappa shape index (κ2) is 11.8. The minimum absolute atomic E-state index is 0.124. The molecule has 3 rings (SSSR count). The van der Waals surface area contributed by atoms with Crippen LogP contribution in [0.25, 0.3) is 0 Å². The molecule has 2 aromatic rings. The molecule has 0 saturated carbocycles. The van der Waals surface area contributed by atoms with Crippen LogP contribution in [0, 0.1) is 17.2 Å². The van der Waals surface area contributed by atoms with Crippen molar-refractivity contribution in [2.75, 3.05) is 25.3 Å². The maximum absolute atomic E-state index is 12.9. The molecule has 0 aromatic heterocycles. The number of nitrogens with one attached hydrogen (secondary N) is 2. The number of rotatable bonds is 7. The molecule has 182 valence electrons. The zero-order valence-corrected chi connectivity index (χ0v) is 22.3. The highest BCUT2D eigenvalue weighted by molar-refractivity contribution is 9.10. The predicted octanol–water partition coefficient (Wildman–Crippen LogP) is 4.87. The van der Waals surface area contributed by atoms with Crippen molar-refractivity contribution in [3.63, 3.8) is 0 Å². The number of nitriles is 1. The smallest absolute Gasteiger partial charge is 0.319 e. The van der Waals surface area contributed by atoms with Crippen molar-refractivity contribution in [3.8, 4) is 11.8 Å². The Kier molecular flexibility index (Phi) is 9.08. The summed E-state index contributed by atoms with van der Waals surface area (Å²) in [7, 11) is 2.67. The lowest BCUT2D eigenvalue weighted by Gasteiger charge is -2.31. The van der Waals surface area contributed by atoms with Crippen LogP contribution in [0.3, 0.4) is 0 Å². The molecular weight excluding hydrogens is 581 g/mol. The molecule has 35 heavy (non-hydrogen) atoms. The molecule has 1 aliphatic heterocycles. The Bertz CT molecular complexity index is 1260. The third kappa shape index (κ3) is 6.11. The number of benzene rings is 2. The van der Waals surface area contributed by atoms with Crippen molar-refractivity contribution >= 4 is 74.4 Å². The van der Waals surface area contributed by atoms with Gasteiger partial charge in [0, 0.05) is 10.9 Å². The molecule has 2 atom stereocenters. The molecule has 0 saturated heterocycles. The van der Waals surface area contributed by atoms with Gasteiger partial charge in [0.05, 0.1) is 51.8 Å². The van der Waals surface area contributed by atoms with E-state index in [1.807, 2.05) is 0 Å². The minimum atomic E-state index is -1.29. The Morgan fingerprint density at radius 3 is 2.57 bits per heavy atom. The molecule has 0 unspecified atom stereocenters. The summed E-state index contributed by atoms with van der Waals surface area (Å²) in [6, 6.07) is 11.7. The number of nitrogens with zero attached hydrogens (tertiary/aromatic N) is 1. The summed E-state index contributed by atoms with van der Waals surface area (Å²) in [5.41, 5.74) is 1.02. The number of hydrogen-bond acceptors (Lipinski definition) is 7. The largest absolute Gasteiger partial charge is 0.496 e. The lowest BCUT2D eigenvalue weighted by atomic mass is 9.78. The first-order valence-corrected chi connectivity index (χ1v) is 12.5. The van der Waals surface area contributed by atoms with Crippen molar-refractivity contribution in [1.82, 2.24) is 5.32 Å². The van der Waals surface area contributed by atoms with E-state index in [0.717, 1.165) is 11.8 Å². The van der Waals surface area contributed by atoms with Gasteiger partial charge >= 0.3 is 5.97 Å². The van der Waals surface area contributed by atoms with Crippen molar-refractivity contribution in [1.29, 1.82) is 5.26 Å². The molecule has 2 aromatic carbocycles. The summed E-state index contributed by atoms with van der Waals surface area (Å²) in [5, 5.41) is 16.1. The van der Waals surface area contributed by atoms with Gasteiger partial charge in [0.1, 0.15) is 11.7 Å². The van der Waals surface area contributed by atoms with Crippen molar-refractivity contribution < 1.29 is 23.9 Å². The second-order valence-electron chi connectivity index (χ2n) is 7.18. The predicted molar refractivity (Wildman–Crippen MR) is 137 cm³/mol. The van der Waals surface area contributed by atoms with Crippen LogP contribution in [0.1, 0.15) is 11.5 Å². The van der Waals surface area contributed by atoms with Gasteiger partial charge in [-0.1, -0.05) is 41.0 Å². The van der Waals surface area contributed by atoms with Gasteiger partial charge in [0.2, 0.25) is 11.8 Å². The fourth-order valence-electron chi connectivity index (χ4n) is 3.47. The number of methoxy groups -OCH3 is 2. The first-order valence-electron chi connectivity index (χ1n) is 9.94. The fraction of sp³-hybridized carbons (Fsp3) is 0.217. The Balaban J connectivity index is 1.92. The first kappa shape index (κ1) is 26.9. The lowest BCUT2D eigenvalue weighted by molar-refractivity contribution is -0.150. The number of esters is 1. The third-order valence-electron chi connectivity index (χ3n) is 5.07. The monoisotopic (exact) mass is 597 g/mol. The summed E-state index contributed by atoms with van der Waals surface area (Å²) in [5.74, 6) is -3.67. The molecule has 12 heteroatoms. The van der Waals surface area contributed by atoms with Crippen molar-refractivity contribution in [3.05, 3.63) is 67.1 Å². The zero-order valence-electron chi connectivity index (χ0n) is 18.4. The Morgan fingerprint density at radius 2 is 1.97 bits per heavy atom. The SMILES string of the molecule is COC(=O)[C@@H]1C(=O)NC(SCC(=O)Nc2ccc(Cl)cc2Cl)=C(C#N)[C@@H]1c1ccc(OC)c(Br)c1. The highest BCUT2D eigenvalue weighted by atomic mass is 79.9. The van der Waals surface area contributed by atoms with Crippen LogP contribution in [0.15, 0.2) is 51.5 Å². The molecule has 2 N–H and O–H groups in total. The van der Waals surface area contributed by atoms with Gasteiger partial charge in [-0.05, 0) is 51.8 Å². The average molecular weight is 599 g/mol. The van der Waals surface area contributed by atoms with Crippen LogP contribution in [0.4, 0.5) is 5.69 Å². The summed E-state index contributed by atoms with van der Waals surface area (Å²) in [6.45, 7) is 0. The lowest BCUT2D eigenvalue weighted by Crippen LogP contribution is -2.44. The fourth-order valence-corrected chi connectivity index (χ4v) is 5.33. The summed E-state index contributed by atoms with van der Waals surface area (Å²) < 4.78 is 10.7. The number of hydrogen-bond donors (Lipinski definition) is 2. The molecule has 0 fully saturated rings. The van der Waals surface area contributed by atoms with E-state index in [-0.39, 0.29) is 21.4 Å². The molecule has 0 radical (unpaired) electrons. The summed E-state index contributed by atoms with van der Waals surface area (Å²) in [6.07, 6.45) is 0. The number of thioether (sulfide) groups is 1. The molecule has 8 nitrogen and oxygen atoms in total. The van der Waals surface area contributed by atoms with E-state index in [9.17, 15) is 19.6 Å². The topological polar surface area (TPSA) is 118 Å². The van der Waals surface area contributed by atoms with E-state index in [4.69, 9.17) is 32.7 Å². The van der Waals surface area contributed by atoms with E-state index in [1.54, 1.807) is 30.3 Å². The number of amides is 2. The minimum Gasteiger partial charge on any atom is -0.496 e. The Labute approximate surface area is 224 Å². The standard InChI is InChI=1S/C23H18BrCl2N3O5S/c1-33-17-6-3-11(7-14(17)24)19-13(9-27)22(29-21(31)20(19)23(32)34-2)35-10-18(30)28-16-5-4-12(25)8-15(16)26/h3-8,19-20H,10H2,1-2H3,(H,28,30)(H,29,31)/t19-,20-/m0/s1. The van der Waals surface area contributed by atoms with E-state index in [0.29, 0.717) is 26.5 Å². The summed E-state index contributed by atoms with van der Waals surface area (Å²) >= 11 is 16.3. The van der Waals surface area contributed by atoms with Crippen LogP contribution in [-0.4, -0.2) is 37.8 Å². The molecular formula is C23H18BrCl2N3O5S. The first-order chi connectivity index (χ1) is 16.7. The van der Waals surface area contributed by atoms with Gasteiger partial charge in [-0.3, -0.25) is 14.4 Å². The molecule has 1 aliphatic rings. The third-order valence-corrected chi connectivity index (χ3v) is 7.26. The molecule has 0 spiro atoms. The Hall–Kier alpha value is -2.71. The number of halogens is 3. The van der Waals surface area contributed by atoms with Gasteiger partial charge in [-0.25, -0.2) is 0 Å². The van der Waals surface area contributed by atoms with Crippen LogP contribution in [0.5, 0.6) is 5.75 Å². The maximum Gasteiger partial charge on any atom is 0.319 e. The van der Waals surface area contributed by atoms with Gasteiger partial charge in [-0.2, -0.15) is 5.26 Å². The molecule has 1 heterocycles. The van der Waals surface area contributed by atoms with Gasteiger partial charge < -0.3 is 20.1 Å². The summed E-state index contributed by atoms with van der Waals surface area (Å²) in [4.78, 5) is 38.0. The van der Waals surface area contributed by atoms with Crippen LogP contribution < -0.4 is 15.4 Å². The van der Waals surface area contributed by atoms with E-state index >= 15 is 0 Å². The van der Waals surface area contributed by atoms with Gasteiger partial charge in [0.25, 0.3) is 0 Å². The zero-order chi connectivity index (χ0) is 25.7. The molecule has 0 aliphatic carbocycles. The number of anilines is 1. The highest BCUT2D eigenvalue weighted by Crippen LogP contribution is 2.42. The van der Waals surface area contributed by atoms with Gasteiger partial charge in [-0.15, -0.1) is 0 Å². The second-order valence-corrected chi connectivity index (χ2v) is 9.86. The van der Waals surface area contributed by atoms with Gasteiger partial charge in [0.15, 0.2) is 0 Å². The number of ether oxygens (including phenoxy) is 2. The van der Waals surface area contributed by atoms with Crippen LogP contribution in [0.2, 0.25) is 10.0 Å².